The molecule has 0 bridgehead atoms. The first kappa shape index (κ1) is 13.4. The van der Waals surface area contributed by atoms with E-state index in [9.17, 15) is 0 Å². The zero-order chi connectivity index (χ0) is 9.68. The minimum atomic E-state index is 0. The summed E-state index contributed by atoms with van der Waals surface area (Å²) in [7, 11) is 0. The van der Waals surface area contributed by atoms with E-state index in [-0.39, 0.29) is 12.4 Å². The number of hydrogen-bond donors (Lipinski definition) is 1. The summed E-state index contributed by atoms with van der Waals surface area (Å²) in [6, 6.07) is 0. The van der Waals surface area contributed by atoms with Crippen molar-refractivity contribution in [2.45, 2.75) is 33.1 Å². The van der Waals surface area contributed by atoms with Gasteiger partial charge in [-0.1, -0.05) is 19.0 Å². The van der Waals surface area contributed by atoms with E-state index in [2.05, 4.69) is 24.0 Å². The van der Waals surface area contributed by atoms with E-state index < -0.39 is 0 Å². The van der Waals surface area contributed by atoms with Gasteiger partial charge in [0.2, 0.25) is 5.89 Å². The summed E-state index contributed by atoms with van der Waals surface area (Å²) in [5.41, 5.74) is 5.37. The Morgan fingerprint density at radius 3 is 2.71 bits per heavy atom. The second kappa shape index (κ2) is 6.79. The number of halogens is 1. The molecule has 14 heavy (non-hydrogen) atoms. The quantitative estimate of drug-likeness (QED) is 0.817. The monoisotopic (exact) mass is 219 g/mol. The molecule has 0 saturated heterocycles. The Morgan fingerprint density at radius 2 is 2.14 bits per heavy atom. The van der Waals surface area contributed by atoms with Crippen LogP contribution in [0.5, 0.6) is 0 Å². The molecule has 1 heterocycles. The van der Waals surface area contributed by atoms with E-state index in [1.54, 1.807) is 0 Å². The molecule has 1 rings (SSSR count). The molecule has 0 amide bonds. The molecular weight excluding hydrogens is 202 g/mol. The van der Waals surface area contributed by atoms with E-state index in [0.29, 0.717) is 18.4 Å². The highest BCUT2D eigenvalue weighted by Gasteiger charge is 2.06. The highest BCUT2D eigenvalue weighted by atomic mass is 35.5. The zero-order valence-corrected chi connectivity index (χ0v) is 9.51. The van der Waals surface area contributed by atoms with Crippen LogP contribution < -0.4 is 5.73 Å². The number of hydrogen-bond acceptors (Lipinski definition) is 4. The lowest BCUT2D eigenvalue weighted by molar-refractivity contribution is 0.369. The molecule has 0 spiro atoms. The third kappa shape index (κ3) is 4.58. The molecule has 82 valence electrons. The van der Waals surface area contributed by atoms with Crippen molar-refractivity contribution >= 4 is 12.4 Å². The summed E-state index contributed by atoms with van der Waals surface area (Å²) in [5, 5.41) is 3.88. The number of nitrogens with zero attached hydrogens (tertiary/aromatic N) is 2. The van der Waals surface area contributed by atoms with E-state index >= 15 is 0 Å². The van der Waals surface area contributed by atoms with Gasteiger partial charge in [-0.3, -0.25) is 0 Å². The Morgan fingerprint density at radius 1 is 1.43 bits per heavy atom. The van der Waals surface area contributed by atoms with E-state index in [1.165, 1.54) is 0 Å². The van der Waals surface area contributed by atoms with E-state index in [4.69, 9.17) is 10.3 Å². The van der Waals surface area contributed by atoms with Crippen LogP contribution >= 0.6 is 12.4 Å². The lowest BCUT2D eigenvalue weighted by Gasteiger charge is -1.95. The first-order valence-corrected chi connectivity index (χ1v) is 4.74. The number of rotatable bonds is 5. The average Bonchev–Trinajstić information content (AvgIpc) is 2.48. The Bertz CT molecular complexity index is 250. The maximum absolute atomic E-state index is 5.37. The molecule has 0 aliphatic heterocycles. The van der Waals surface area contributed by atoms with Crippen LogP contribution in [0.2, 0.25) is 0 Å². The third-order valence-electron chi connectivity index (χ3n) is 1.70. The second-order valence-electron chi connectivity index (χ2n) is 3.59. The smallest absolute Gasteiger partial charge is 0.226 e. The largest absolute Gasteiger partial charge is 0.339 e. The van der Waals surface area contributed by atoms with Crippen LogP contribution in [-0.2, 0) is 12.8 Å². The van der Waals surface area contributed by atoms with Gasteiger partial charge in [0, 0.05) is 12.8 Å². The molecule has 4 nitrogen and oxygen atoms in total. The molecule has 5 heteroatoms. The standard InChI is InChI=1S/C9H17N3O.ClH/c1-7(2)6-8-11-9(13-12-8)4-3-5-10;/h7H,3-6,10H2,1-2H3;1H. The highest BCUT2D eigenvalue weighted by Crippen LogP contribution is 2.05. The van der Waals surface area contributed by atoms with Gasteiger partial charge in [0.25, 0.3) is 0 Å². The number of aromatic nitrogens is 2. The Labute approximate surface area is 90.7 Å². The van der Waals surface area contributed by atoms with Crippen LogP contribution in [0.3, 0.4) is 0 Å². The normalized spacial score (nSPS) is 10.3. The Kier molecular flexibility index (Phi) is 6.49. The third-order valence-corrected chi connectivity index (χ3v) is 1.70. The van der Waals surface area contributed by atoms with Crippen LogP contribution in [0.15, 0.2) is 4.52 Å². The topological polar surface area (TPSA) is 64.9 Å². The van der Waals surface area contributed by atoms with Crippen molar-refractivity contribution in [2.24, 2.45) is 11.7 Å². The molecule has 0 unspecified atom stereocenters. The van der Waals surface area contributed by atoms with E-state index in [1.807, 2.05) is 0 Å². The van der Waals surface area contributed by atoms with Crippen LogP contribution in [0, 0.1) is 5.92 Å². The zero-order valence-electron chi connectivity index (χ0n) is 8.69. The molecular formula is C9H18ClN3O. The molecule has 0 aliphatic carbocycles. The summed E-state index contributed by atoms with van der Waals surface area (Å²) < 4.78 is 5.05. The molecule has 0 radical (unpaired) electrons. The Balaban J connectivity index is 0.00000169. The summed E-state index contributed by atoms with van der Waals surface area (Å²) in [5.74, 6) is 2.09. The van der Waals surface area contributed by atoms with Gasteiger partial charge >= 0.3 is 0 Å². The van der Waals surface area contributed by atoms with Crippen LogP contribution in [0.1, 0.15) is 32.0 Å². The van der Waals surface area contributed by atoms with Crippen molar-refractivity contribution in [3.05, 3.63) is 11.7 Å². The van der Waals surface area contributed by atoms with E-state index in [0.717, 1.165) is 25.1 Å². The molecule has 0 aliphatic rings. The minimum absolute atomic E-state index is 0. The van der Waals surface area contributed by atoms with Gasteiger partial charge in [-0.15, -0.1) is 12.4 Å². The number of aryl methyl sites for hydroxylation is 1. The molecule has 0 saturated carbocycles. The van der Waals surface area contributed by atoms with Crippen molar-refractivity contribution in [2.75, 3.05) is 6.54 Å². The molecule has 0 aromatic carbocycles. The van der Waals surface area contributed by atoms with Gasteiger partial charge in [0.05, 0.1) is 0 Å². The maximum atomic E-state index is 5.37. The lowest BCUT2D eigenvalue weighted by atomic mass is 10.1. The predicted molar refractivity (Wildman–Crippen MR) is 57.5 cm³/mol. The van der Waals surface area contributed by atoms with Crippen LogP contribution in [0.4, 0.5) is 0 Å². The fourth-order valence-corrected chi connectivity index (χ4v) is 1.09. The lowest BCUT2D eigenvalue weighted by Crippen LogP contribution is -2.01. The molecule has 2 N–H and O–H groups in total. The van der Waals surface area contributed by atoms with Crippen LogP contribution in [0.25, 0.3) is 0 Å². The van der Waals surface area contributed by atoms with Crippen molar-refractivity contribution in [1.29, 1.82) is 0 Å². The minimum Gasteiger partial charge on any atom is -0.339 e. The average molecular weight is 220 g/mol. The molecule has 0 atom stereocenters. The maximum Gasteiger partial charge on any atom is 0.226 e. The summed E-state index contributed by atoms with van der Waals surface area (Å²) >= 11 is 0. The first-order valence-electron chi connectivity index (χ1n) is 4.74. The second-order valence-corrected chi connectivity index (χ2v) is 3.59. The fraction of sp³-hybridized carbons (Fsp3) is 0.778. The van der Waals surface area contributed by atoms with Gasteiger partial charge in [0.1, 0.15) is 0 Å². The van der Waals surface area contributed by atoms with Gasteiger partial charge in [-0.05, 0) is 18.9 Å². The molecule has 1 aromatic heterocycles. The fourth-order valence-electron chi connectivity index (χ4n) is 1.09. The predicted octanol–water partition coefficient (Wildman–Crippen LogP) is 1.58. The first-order chi connectivity index (χ1) is 6.22. The number of nitrogens with two attached hydrogens (primary N) is 1. The van der Waals surface area contributed by atoms with Gasteiger partial charge in [-0.2, -0.15) is 4.98 Å². The molecule has 0 fully saturated rings. The molecule has 1 aromatic rings. The van der Waals surface area contributed by atoms with Gasteiger partial charge in [0.15, 0.2) is 5.82 Å². The van der Waals surface area contributed by atoms with Crippen molar-refractivity contribution in [3.8, 4) is 0 Å². The summed E-state index contributed by atoms with van der Waals surface area (Å²) in [6.45, 7) is 4.94. The van der Waals surface area contributed by atoms with Gasteiger partial charge < -0.3 is 10.3 Å². The van der Waals surface area contributed by atoms with Crippen molar-refractivity contribution in [1.82, 2.24) is 10.1 Å². The summed E-state index contributed by atoms with van der Waals surface area (Å²) in [4.78, 5) is 4.25. The Hall–Kier alpha value is -0.610. The SMILES string of the molecule is CC(C)Cc1noc(CCCN)n1.Cl. The highest BCUT2D eigenvalue weighted by molar-refractivity contribution is 5.85. The van der Waals surface area contributed by atoms with Crippen LogP contribution in [-0.4, -0.2) is 16.7 Å². The van der Waals surface area contributed by atoms with Crippen molar-refractivity contribution in [3.63, 3.8) is 0 Å². The summed E-state index contributed by atoms with van der Waals surface area (Å²) in [6.07, 6.45) is 2.58. The van der Waals surface area contributed by atoms with Gasteiger partial charge in [-0.25, -0.2) is 0 Å². The van der Waals surface area contributed by atoms with Crippen molar-refractivity contribution < 1.29 is 4.52 Å².